The van der Waals surface area contributed by atoms with E-state index in [9.17, 15) is 18.4 Å². The molecule has 7 nitrogen and oxygen atoms in total. The molecule has 1 atom stereocenters. The number of hydrazone groups is 1. The Hall–Kier alpha value is -4.11. The normalized spacial score (nSPS) is 14.9. The first-order valence-corrected chi connectivity index (χ1v) is 11.7. The van der Waals surface area contributed by atoms with Crippen molar-refractivity contribution in [2.75, 3.05) is 33.9 Å². The number of benzene rings is 3. The summed E-state index contributed by atoms with van der Waals surface area (Å²) >= 11 is 0. The summed E-state index contributed by atoms with van der Waals surface area (Å²) in [6, 6.07) is 18.0. The minimum absolute atomic E-state index is 0.127. The number of carbonyl (C=O) groups is 2. The van der Waals surface area contributed by atoms with Crippen molar-refractivity contribution in [2.24, 2.45) is 5.10 Å². The van der Waals surface area contributed by atoms with E-state index in [-0.39, 0.29) is 31.1 Å². The number of hydrogen-bond acceptors (Lipinski definition) is 5. The topological polar surface area (TPSA) is 71.4 Å². The summed E-state index contributed by atoms with van der Waals surface area (Å²) in [7, 11) is 3.07. The molecule has 1 unspecified atom stereocenters. The number of carbonyl (C=O) groups excluding carboxylic acids is 2. The van der Waals surface area contributed by atoms with Gasteiger partial charge in [0.05, 0.1) is 25.5 Å². The van der Waals surface area contributed by atoms with E-state index in [0.717, 1.165) is 11.6 Å². The molecule has 0 fully saturated rings. The molecule has 0 spiro atoms. The highest BCUT2D eigenvalue weighted by molar-refractivity contribution is 6.03. The lowest BCUT2D eigenvalue weighted by molar-refractivity contribution is -0.133. The summed E-state index contributed by atoms with van der Waals surface area (Å²) < 4.78 is 37.7. The second-order valence-electron chi connectivity index (χ2n) is 8.51. The third-order valence-electron chi connectivity index (χ3n) is 6.09. The second kappa shape index (κ2) is 11.7. The van der Waals surface area contributed by atoms with E-state index in [1.54, 1.807) is 31.4 Å². The van der Waals surface area contributed by atoms with Gasteiger partial charge in [-0.25, -0.2) is 13.8 Å². The van der Waals surface area contributed by atoms with Gasteiger partial charge in [-0.15, -0.1) is 0 Å². The quantitative estimate of drug-likeness (QED) is 0.429. The first-order valence-electron chi connectivity index (χ1n) is 11.7. The van der Waals surface area contributed by atoms with E-state index in [0.29, 0.717) is 23.4 Å². The van der Waals surface area contributed by atoms with Crippen LogP contribution in [0.15, 0.2) is 77.9 Å². The van der Waals surface area contributed by atoms with Gasteiger partial charge in [-0.1, -0.05) is 18.2 Å². The Balaban J connectivity index is 1.62. The Bertz CT molecular complexity index is 1280. The number of methoxy groups -OCH3 is 2. The molecule has 0 N–H and O–H groups in total. The van der Waals surface area contributed by atoms with Crippen molar-refractivity contribution in [3.05, 3.63) is 101 Å². The zero-order valence-electron chi connectivity index (χ0n) is 20.6. The van der Waals surface area contributed by atoms with Gasteiger partial charge in [0.25, 0.3) is 11.8 Å². The average Bonchev–Trinajstić information content (AvgIpc) is 3.36. The fourth-order valence-electron chi connectivity index (χ4n) is 4.14. The predicted octanol–water partition coefficient (Wildman–Crippen LogP) is 4.44. The molecule has 3 aromatic carbocycles. The second-order valence-corrected chi connectivity index (χ2v) is 8.51. The molecule has 1 aliphatic heterocycles. The first-order chi connectivity index (χ1) is 17.9. The maximum atomic E-state index is 13.7. The summed E-state index contributed by atoms with van der Waals surface area (Å²) in [5.74, 6) is -1.17. The minimum Gasteiger partial charge on any atom is -0.497 e. The summed E-state index contributed by atoms with van der Waals surface area (Å²) in [6.07, 6.45) is 0.402. The van der Waals surface area contributed by atoms with E-state index >= 15 is 0 Å². The van der Waals surface area contributed by atoms with Gasteiger partial charge in [0.15, 0.2) is 0 Å². The van der Waals surface area contributed by atoms with Crippen molar-refractivity contribution in [1.29, 1.82) is 0 Å². The molecule has 0 saturated carbocycles. The van der Waals surface area contributed by atoms with E-state index in [1.165, 1.54) is 47.4 Å². The van der Waals surface area contributed by atoms with Crippen molar-refractivity contribution < 1.29 is 27.8 Å². The molecule has 0 saturated heterocycles. The first kappa shape index (κ1) is 26.0. The van der Waals surface area contributed by atoms with Crippen LogP contribution in [-0.2, 0) is 9.53 Å². The molecule has 3 aromatic rings. The molecule has 0 aromatic heterocycles. The molecule has 0 aliphatic carbocycles. The Morgan fingerprint density at radius 3 is 2.38 bits per heavy atom. The smallest absolute Gasteiger partial charge is 0.262 e. The zero-order valence-corrected chi connectivity index (χ0v) is 20.6. The number of hydrogen-bond donors (Lipinski definition) is 0. The standard InChI is InChI=1S/C28H27F2N3O4/c1-36-15-14-32(28(35)21-4-3-5-23(30)16-21)18-27(34)33-26(20-6-10-22(29)11-7-20)17-25(31-33)19-8-12-24(37-2)13-9-19/h3-13,16,26H,14-15,17-18H2,1-2H3. The van der Waals surface area contributed by atoms with Crippen molar-refractivity contribution >= 4 is 17.5 Å². The summed E-state index contributed by atoms with van der Waals surface area (Å²) in [5, 5.41) is 5.95. The molecule has 37 heavy (non-hydrogen) atoms. The SMILES string of the molecule is COCCN(CC(=O)N1N=C(c2ccc(OC)cc2)CC1c1ccc(F)cc1)C(=O)c1cccc(F)c1. The molecule has 1 aliphatic rings. The maximum absolute atomic E-state index is 13.7. The van der Waals surface area contributed by atoms with Gasteiger partial charge in [-0.2, -0.15) is 5.10 Å². The maximum Gasteiger partial charge on any atom is 0.262 e. The van der Waals surface area contributed by atoms with Crippen LogP contribution >= 0.6 is 0 Å². The highest BCUT2D eigenvalue weighted by atomic mass is 19.1. The lowest BCUT2D eigenvalue weighted by atomic mass is 9.98. The van der Waals surface area contributed by atoms with Crippen LogP contribution in [0.4, 0.5) is 8.78 Å². The predicted molar refractivity (Wildman–Crippen MR) is 134 cm³/mol. The van der Waals surface area contributed by atoms with Crippen molar-refractivity contribution in [3.63, 3.8) is 0 Å². The molecule has 1 heterocycles. The third-order valence-corrected chi connectivity index (χ3v) is 6.09. The lowest BCUT2D eigenvalue weighted by Crippen LogP contribution is -2.42. The number of halogens is 2. The molecular weight excluding hydrogens is 480 g/mol. The Morgan fingerprint density at radius 1 is 1.00 bits per heavy atom. The summed E-state index contributed by atoms with van der Waals surface area (Å²) in [4.78, 5) is 28.0. The Labute approximate surface area is 213 Å². The largest absolute Gasteiger partial charge is 0.497 e. The number of ether oxygens (including phenoxy) is 2. The molecule has 0 bridgehead atoms. The van der Waals surface area contributed by atoms with Crippen LogP contribution in [0, 0.1) is 11.6 Å². The molecule has 0 radical (unpaired) electrons. The molecular formula is C28H27F2N3O4. The van der Waals surface area contributed by atoms with Gasteiger partial charge >= 0.3 is 0 Å². The van der Waals surface area contributed by atoms with Crippen LogP contribution in [0.2, 0.25) is 0 Å². The van der Waals surface area contributed by atoms with Gasteiger partial charge in [0.2, 0.25) is 0 Å². The fourth-order valence-corrected chi connectivity index (χ4v) is 4.14. The molecule has 192 valence electrons. The van der Waals surface area contributed by atoms with Gasteiger partial charge in [0.1, 0.15) is 23.9 Å². The van der Waals surface area contributed by atoms with Crippen LogP contribution in [0.1, 0.15) is 33.9 Å². The third kappa shape index (κ3) is 6.18. The minimum atomic E-state index is -0.548. The van der Waals surface area contributed by atoms with Crippen LogP contribution < -0.4 is 4.74 Å². The number of rotatable bonds is 9. The zero-order chi connectivity index (χ0) is 26.4. The van der Waals surface area contributed by atoms with E-state index < -0.39 is 23.7 Å². The Morgan fingerprint density at radius 2 is 1.73 bits per heavy atom. The van der Waals surface area contributed by atoms with E-state index in [4.69, 9.17) is 9.47 Å². The van der Waals surface area contributed by atoms with Crippen molar-refractivity contribution in [3.8, 4) is 5.75 Å². The van der Waals surface area contributed by atoms with Gasteiger partial charge in [-0.3, -0.25) is 9.59 Å². The molecule has 9 heteroatoms. The summed E-state index contributed by atoms with van der Waals surface area (Å²) in [6.45, 7) is 0.0214. The average molecular weight is 508 g/mol. The van der Waals surface area contributed by atoms with Crippen LogP contribution in [0.3, 0.4) is 0 Å². The number of amides is 2. The molecule has 2 amide bonds. The van der Waals surface area contributed by atoms with Crippen LogP contribution in [0.25, 0.3) is 0 Å². The lowest BCUT2D eigenvalue weighted by Gasteiger charge is -2.27. The van der Waals surface area contributed by atoms with Crippen molar-refractivity contribution in [1.82, 2.24) is 9.91 Å². The van der Waals surface area contributed by atoms with Gasteiger partial charge < -0.3 is 14.4 Å². The van der Waals surface area contributed by atoms with Crippen molar-refractivity contribution in [2.45, 2.75) is 12.5 Å². The van der Waals surface area contributed by atoms with Gasteiger partial charge in [-0.05, 0) is 65.7 Å². The monoisotopic (exact) mass is 507 g/mol. The summed E-state index contributed by atoms with van der Waals surface area (Å²) in [5.41, 5.74) is 2.32. The molecule has 4 rings (SSSR count). The van der Waals surface area contributed by atoms with E-state index in [2.05, 4.69) is 5.10 Å². The van der Waals surface area contributed by atoms with Gasteiger partial charge in [0, 0.05) is 25.6 Å². The number of nitrogens with zero attached hydrogens (tertiary/aromatic N) is 3. The fraction of sp³-hybridized carbons (Fsp3) is 0.250. The van der Waals surface area contributed by atoms with Crippen LogP contribution in [-0.4, -0.2) is 61.4 Å². The highest BCUT2D eigenvalue weighted by Gasteiger charge is 2.34. The Kier molecular flexibility index (Phi) is 8.25. The van der Waals surface area contributed by atoms with Crippen LogP contribution in [0.5, 0.6) is 5.75 Å². The highest BCUT2D eigenvalue weighted by Crippen LogP contribution is 2.33. The van der Waals surface area contributed by atoms with E-state index in [1.807, 2.05) is 12.1 Å².